The molecule has 0 saturated heterocycles. The van der Waals surface area contributed by atoms with Gasteiger partial charge >= 0.3 is 12.1 Å². The van der Waals surface area contributed by atoms with Gasteiger partial charge in [0.2, 0.25) is 0 Å². The average Bonchev–Trinajstić information content (AvgIpc) is 3.21. The highest BCUT2D eigenvalue weighted by molar-refractivity contribution is 7.13. The van der Waals surface area contributed by atoms with Crippen LogP contribution in [0.1, 0.15) is 12.6 Å². The van der Waals surface area contributed by atoms with Crippen LogP contribution in [0.5, 0.6) is 0 Å². The number of hydrogen-bond donors (Lipinski definition) is 0. The maximum absolute atomic E-state index is 13.3. The van der Waals surface area contributed by atoms with Gasteiger partial charge in [-0.05, 0) is 31.2 Å². The number of aromatic nitrogens is 3. The SMILES string of the molecule is CCOC(=O)Cc1csc(-c2cnn(CC(F)(F)F)c2-c2ccc(F)cc2)n1. The molecule has 148 valence electrons. The third-order valence-electron chi connectivity index (χ3n) is 3.70. The highest BCUT2D eigenvalue weighted by atomic mass is 32.1. The van der Waals surface area contributed by atoms with Crippen molar-refractivity contribution in [3.05, 3.63) is 47.4 Å². The first-order valence-electron chi connectivity index (χ1n) is 8.25. The number of esters is 1. The molecule has 0 aliphatic heterocycles. The van der Waals surface area contributed by atoms with E-state index in [1.807, 2.05) is 0 Å². The Hall–Kier alpha value is -2.75. The molecule has 3 aromatic rings. The summed E-state index contributed by atoms with van der Waals surface area (Å²) < 4.78 is 57.8. The van der Waals surface area contributed by atoms with Gasteiger partial charge < -0.3 is 4.74 Å². The molecule has 0 amide bonds. The normalized spacial score (nSPS) is 11.6. The number of nitrogens with zero attached hydrogens (tertiary/aromatic N) is 3. The summed E-state index contributed by atoms with van der Waals surface area (Å²) in [5, 5.41) is 5.90. The Balaban J connectivity index is 2.00. The van der Waals surface area contributed by atoms with Crippen molar-refractivity contribution in [3.63, 3.8) is 0 Å². The molecule has 0 unspecified atom stereocenters. The van der Waals surface area contributed by atoms with Gasteiger partial charge in [-0.3, -0.25) is 9.48 Å². The number of benzene rings is 1. The van der Waals surface area contributed by atoms with Crippen molar-refractivity contribution >= 4 is 17.3 Å². The van der Waals surface area contributed by atoms with Crippen molar-refractivity contribution in [1.29, 1.82) is 0 Å². The third-order valence-corrected chi connectivity index (χ3v) is 4.62. The quantitative estimate of drug-likeness (QED) is 0.442. The van der Waals surface area contributed by atoms with Gasteiger partial charge in [-0.2, -0.15) is 18.3 Å². The monoisotopic (exact) mass is 413 g/mol. The lowest BCUT2D eigenvalue weighted by atomic mass is 10.1. The van der Waals surface area contributed by atoms with E-state index >= 15 is 0 Å². The number of carbonyl (C=O) groups excluding carboxylic acids is 1. The van der Waals surface area contributed by atoms with Crippen molar-refractivity contribution in [1.82, 2.24) is 14.8 Å². The van der Waals surface area contributed by atoms with Gasteiger partial charge in [-0.1, -0.05) is 0 Å². The van der Waals surface area contributed by atoms with Crippen molar-refractivity contribution in [2.45, 2.75) is 26.1 Å². The van der Waals surface area contributed by atoms with Gasteiger partial charge in [0, 0.05) is 10.9 Å². The van der Waals surface area contributed by atoms with Crippen LogP contribution in [0.2, 0.25) is 0 Å². The van der Waals surface area contributed by atoms with Crippen LogP contribution >= 0.6 is 11.3 Å². The van der Waals surface area contributed by atoms with E-state index < -0.39 is 24.5 Å². The van der Waals surface area contributed by atoms with E-state index in [9.17, 15) is 22.4 Å². The Morgan fingerprint density at radius 2 is 1.96 bits per heavy atom. The molecule has 28 heavy (non-hydrogen) atoms. The summed E-state index contributed by atoms with van der Waals surface area (Å²) in [5.74, 6) is -0.941. The molecule has 0 radical (unpaired) electrons. The molecule has 0 N–H and O–H groups in total. The zero-order valence-corrected chi connectivity index (χ0v) is 15.5. The van der Waals surface area contributed by atoms with Crippen molar-refractivity contribution in [2.24, 2.45) is 0 Å². The van der Waals surface area contributed by atoms with Crippen LogP contribution in [0.15, 0.2) is 35.8 Å². The largest absolute Gasteiger partial charge is 0.466 e. The number of hydrogen-bond acceptors (Lipinski definition) is 5. The van der Waals surface area contributed by atoms with Gasteiger partial charge in [0.1, 0.15) is 17.4 Å². The van der Waals surface area contributed by atoms with Gasteiger partial charge in [-0.25, -0.2) is 9.37 Å². The second-order valence-corrected chi connectivity index (χ2v) is 6.67. The molecule has 2 aromatic heterocycles. The van der Waals surface area contributed by atoms with Gasteiger partial charge in [-0.15, -0.1) is 11.3 Å². The molecule has 0 fully saturated rings. The summed E-state index contributed by atoms with van der Waals surface area (Å²) in [6, 6.07) is 5.10. The fourth-order valence-corrected chi connectivity index (χ4v) is 3.45. The first-order valence-corrected chi connectivity index (χ1v) is 9.13. The molecular formula is C18H15F4N3O2S. The van der Waals surface area contributed by atoms with Gasteiger partial charge in [0.15, 0.2) is 0 Å². The van der Waals surface area contributed by atoms with E-state index in [0.717, 1.165) is 16.8 Å². The Kier molecular flexibility index (Phi) is 5.78. The maximum Gasteiger partial charge on any atom is 0.408 e. The molecule has 0 atom stereocenters. The van der Waals surface area contributed by atoms with E-state index in [4.69, 9.17) is 4.74 Å². The molecule has 0 spiro atoms. The minimum atomic E-state index is -4.48. The molecule has 0 aliphatic rings. The van der Waals surface area contributed by atoms with Gasteiger partial charge in [0.25, 0.3) is 0 Å². The van der Waals surface area contributed by atoms with E-state index in [-0.39, 0.29) is 18.7 Å². The third kappa shape index (κ3) is 4.75. The lowest BCUT2D eigenvalue weighted by Gasteiger charge is -2.11. The second kappa shape index (κ2) is 8.09. The Morgan fingerprint density at radius 3 is 2.61 bits per heavy atom. The molecular weight excluding hydrogens is 398 g/mol. The van der Waals surface area contributed by atoms with Crippen LogP contribution in [0.4, 0.5) is 17.6 Å². The Morgan fingerprint density at radius 1 is 1.25 bits per heavy atom. The van der Waals surface area contributed by atoms with Crippen LogP contribution < -0.4 is 0 Å². The van der Waals surface area contributed by atoms with Crippen LogP contribution in [-0.2, 0) is 22.5 Å². The number of ether oxygens (including phenoxy) is 1. The van der Waals surface area contributed by atoms with Crippen LogP contribution in [0, 0.1) is 5.82 Å². The predicted molar refractivity (Wildman–Crippen MR) is 95.1 cm³/mol. The predicted octanol–water partition coefficient (Wildman–Crippen LogP) is 4.48. The topological polar surface area (TPSA) is 57.0 Å². The number of thiazole rings is 1. The van der Waals surface area contributed by atoms with E-state index in [2.05, 4.69) is 10.1 Å². The molecule has 0 saturated carbocycles. The Bertz CT molecular complexity index is 964. The first kappa shape index (κ1) is 20.0. The molecule has 10 heteroatoms. The maximum atomic E-state index is 13.3. The molecule has 2 heterocycles. The molecule has 0 bridgehead atoms. The zero-order valence-electron chi connectivity index (χ0n) is 14.7. The average molecular weight is 413 g/mol. The smallest absolute Gasteiger partial charge is 0.408 e. The van der Waals surface area contributed by atoms with Gasteiger partial charge in [0.05, 0.1) is 36.2 Å². The number of rotatable bonds is 6. The lowest BCUT2D eigenvalue weighted by Crippen LogP contribution is -2.19. The fraction of sp³-hybridized carbons (Fsp3) is 0.278. The number of halogens is 4. The van der Waals surface area contributed by atoms with E-state index in [1.54, 1.807) is 12.3 Å². The van der Waals surface area contributed by atoms with Crippen molar-refractivity contribution in [3.8, 4) is 21.8 Å². The van der Waals surface area contributed by atoms with Crippen LogP contribution in [-0.4, -0.2) is 33.5 Å². The molecule has 0 aliphatic carbocycles. The summed E-state index contributed by atoms with van der Waals surface area (Å²) in [6.07, 6.45) is -3.22. The number of carbonyl (C=O) groups is 1. The molecule has 1 aromatic carbocycles. The highest BCUT2D eigenvalue weighted by Crippen LogP contribution is 2.35. The van der Waals surface area contributed by atoms with Crippen molar-refractivity contribution in [2.75, 3.05) is 6.61 Å². The lowest BCUT2D eigenvalue weighted by molar-refractivity contribution is -0.143. The second-order valence-electron chi connectivity index (χ2n) is 5.81. The van der Waals surface area contributed by atoms with Crippen LogP contribution in [0.25, 0.3) is 21.8 Å². The first-order chi connectivity index (χ1) is 13.3. The summed E-state index contributed by atoms with van der Waals surface area (Å²) in [5.41, 5.74) is 1.37. The molecule has 3 rings (SSSR count). The molecule has 5 nitrogen and oxygen atoms in total. The van der Waals surface area contributed by atoms with Crippen LogP contribution in [0.3, 0.4) is 0 Å². The number of alkyl halides is 3. The zero-order chi connectivity index (χ0) is 20.3. The van der Waals surface area contributed by atoms with Crippen molar-refractivity contribution < 1.29 is 27.1 Å². The Labute approximate surface area is 161 Å². The standard InChI is InChI=1S/C18H15F4N3O2S/c1-2-27-15(26)7-13-9-28-17(24-13)14-8-23-25(10-18(20,21)22)16(14)11-3-5-12(19)6-4-11/h3-6,8-9H,2,7,10H2,1H3. The summed E-state index contributed by atoms with van der Waals surface area (Å²) in [6.45, 7) is 0.643. The minimum absolute atomic E-state index is 0.0348. The van der Waals surface area contributed by atoms with E-state index in [1.165, 1.54) is 29.7 Å². The summed E-state index contributed by atoms with van der Waals surface area (Å²) in [7, 11) is 0. The fourth-order valence-electron chi connectivity index (χ4n) is 2.62. The van der Waals surface area contributed by atoms with E-state index in [0.29, 0.717) is 21.8 Å². The minimum Gasteiger partial charge on any atom is -0.466 e. The summed E-state index contributed by atoms with van der Waals surface area (Å²) in [4.78, 5) is 15.9. The summed E-state index contributed by atoms with van der Waals surface area (Å²) >= 11 is 1.18. The highest BCUT2D eigenvalue weighted by Gasteiger charge is 2.31.